The molecular weight excluding hydrogens is 254 g/mol. The van der Waals surface area contributed by atoms with E-state index in [1.807, 2.05) is 11.3 Å². The number of thiophene rings is 1. The average Bonchev–Trinajstić information content (AvgIpc) is 2.86. The summed E-state index contributed by atoms with van der Waals surface area (Å²) in [5.41, 5.74) is 0.184. The molecule has 1 saturated heterocycles. The van der Waals surface area contributed by atoms with Crippen LogP contribution in [0, 0.1) is 5.92 Å². The van der Waals surface area contributed by atoms with Crippen LogP contribution >= 0.6 is 11.3 Å². The summed E-state index contributed by atoms with van der Waals surface area (Å²) < 4.78 is 0. The minimum atomic E-state index is -0.0307. The van der Waals surface area contributed by atoms with Crippen molar-refractivity contribution in [1.82, 2.24) is 5.32 Å². The predicted octanol–water partition coefficient (Wildman–Crippen LogP) is 3.89. The smallest absolute Gasteiger partial charge is 0.220 e. The summed E-state index contributed by atoms with van der Waals surface area (Å²) in [5.74, 6) is 0.681. The zero-order chi connectivity index (χ0) is 14.3. The van der Waals surface area contributed by atoms with Gasteiger partial charge in [0.1, 0.15) is 0 Å². The van der Waals surface area contributed by atoms with Gasteiger partial charge in [-0.25, -0.2) is 0 Å². The molecule has 106 valence electrons. The van der Waals surface area contributed by atoms with Crippen LogP contribution in [-0.4, -0.2) is 11.4 Å². The number of carbonyl (C=O) groups excluding carboxylic acids is 1. The summed E-state index contributed by atoms with van der Waals surface area (Å²) in [6.45, 7) is 11.2. The van der Waals surface area contributed by atoms with Crippen molar-refractivity contribution < 1.29 is 4.79 Å². The molecule has 0 aliphatic carbocycles. The number of hydrogen-bond donors (Lipinski definition) is 1. The second kappa shape index (κ2) is 4.93. The average molecular weight is 279 g/mol. The Hall–Kier alpha value is -0.830. The van der Waals surface area contributed by atoms with Crippen molar-refractivity contribution in [3.8, 4) is 0 Å². The Morgan fingerprint density at radius 2 is 2.05 bits per heavy atom. The van der Waals surface area contributed by atoms with Crippen molar-refractivity contribution in [3.63, 3.8) is 0 Å². The van der Waals surface area contributed by atoms with E-state index in [1.165, 1.54) is 9.75 Å². The van der Waals surface area contributed by atoms with Crippen molar-refractivity contribution >= 4 is 17.2 Å². The van der Waals surface area contributed by atoms with Crippen LogP contribution < -0.4 is 5.32 Å². The fourth-order valence-electron chi connectivity index (χ4n) is 2.70. The number of amides is 1. The third-order valence-corrected chi connectivity index (χ3v) is 5.69. The standard InChI is InChI=1S/C16H25NOS/c1-11(2)16(9-8-14(18)17-16)10-12-6-7-13(19-12)15(3,4)5/h6-7,11H,8-10H2,1-5H3,(H,17,18). The molecule has 1 aromatic rings. The van der Waals surface area contributed by atoms with Crippen molar-refractivity contribution in [1.29, 1.82) is 0 Å². The van der Waals surface area contributed by atoms with Gasteiger partial charge in [-0.05, 0) is 29.9 Å². The van der Waals surface area contributed by atoms with Gasteiger partial charge in [0.25, 0.3) is 0 Å². The summed E-state index contributed by atoms with van der Waals surface area (Å²) in [5, 5.41) is 3.23. The van der Waals surface area contributed by atoms with Gasteiger partial charge in [-0.3, -0.25) is 4.79 Å². The Morgan fingerprint density at radius 3 is 2.47 bits per heavy atom. The molecule has 1 atom stereocenters. The maximum Gasteiger partial charge on any atom is 0.220 e. The molecule has 19 heavy (non-hydrogen) atoms. The number of hydrogen-bond acceptors (Lipinski definition) is 2. The minimum absolute atomic E-state index is 0.0307. The topological polar surface area (TPSA) is 29.1 Å². The second-order valence-corrected chi connectivity index (χ2v) is 8.22. The predicted molar refractivity (Wildman–Crippen MR) is 81.7 cm³/mol. The van der Waals surface area contributed by atoms with E-state index in [0.717, 1.165) is 12.8 Å². The Balaban J connectivity index is 2.19. The summed E-state index contributed by atoms with van der Waals surface area (Å²) >= 11 is 1.89. The zero-order valence-corrected chi connectivity index (χ0v) is 13.5. The highest BCUT2D eigenvalue weighted by molar-refractivity contribution is 7.12. The van der Waals surface area contributed by atoms with E-state index in [9.17, 15) is 4.79 Å². The number of carbonyl (C=O) groups is 1. The van der Waals surface area contributed by atoms with E-state index in [2.05, 4.69) is 52.1 Å². The maximum atomic E-state index is 11.6. The van der Waals surface area contributed by atoms with Crippen LogP contribution in [0.2, 0.25) is 0 Å². The normalized spacial score (nSPS) is 24.0. The first-order chi connectivity index (χ1) is 8.73. The van der Waals surface area contributed by atoms with E-state index >= 15 is 0 Å². The molecule has 1 fully saturated rings. The molecule has 2 nitrogen and oxygen atoms in total. The summed E-state index contributed by atoms with van der Waals surface area (Å²) in [6, 6.07) is 4.48. The molecule has 1 N–H and O–H groups in total. The lowest BCUT2D eigenvalue weighted by Gasteiger charge is -2.33. The Morgan fingerprint density at radius 1 is 1.37 bits per heavy atom. The molecule has 0 saturated carbocycles. The molecule has 2 rings (SSSR count). The largest absolute Gasteiger partial charge is 0.350 e. The monoisotopic (exact) mass is 279 g/mol. The molecular formula is C16H25NOS. The van der Waals surface area contributed by atoms with Crippen LogP contribution in [0.3, 0.4) is 0 Å². The maximum absolute atomic E-state index is 11.6. The Kier molecular flexibility index (Phi) is 3.78. The van der Waals surface area contributed by atoms with Gasteiger partial charge in [-0.2, -0.15) is 0 Å². The van der Waals surface area contributed by atoms with Gasteiger partial charge in [0, 0.05) is 28.1 Å². The van der Waals surface area contributed by atoms with Gasteiger partial charge in [0.15, 0.2) is 0 Å². The highest BCUT2D eigenvalue weighted by Crippen LogP contribution is 2.36. The quantitative estimate of drug-likeness (QED) is 0.893. The summed E-state index contributed by atoms with van der Waals surface area (Å²) in [4.78, 5) is 14.4. The molecule has 1 aromatic heterocycles. The number of nitrogens with one attached hydrogen (secondary N) is 1. The van der Waals surface area contributed by atoms with E-state index in [4.69, 9.17) is 0 Å². The molecule has 1 amide bonds. The first-order valence-electron chi connectivity index (χ1n) is 7.13. The lowest BCUT2D eigenvalue weighted by Crippen LogP contribution is -2.47. The molecule has 3 heteroatoms. The van der Waals surface area contributed by atoms with E-state index in [-0.39, 0.29) is 16.9 Å². The van der Waals surface area contributed by atoms with Crippen LogP contribution in [0.15, 0.2) is 12.1 Å². The van der Waals surface area contributed by atoms with Gasteiger partial charge in [0.2, 0.25) is 5.91 Å². The molecule has 0 aromatic carbocycles. The highest BCUT2D eigenvalue weighted by Gasteiger charge is 2.40. The zero-order valence-electron chi connectivity index (χ0n) is 12.7. The van der Waals surface area contributed by atoms with Gasteiger partial charge in [0.05, 0.1) is 0 Å². The molecule has 0 spiro atoms. The first kappa shape index (κ1) is 14.6. The van der Waals surface area contributed by atoms with Crippen molar-refractivity contribution in [3.05, 3.63) is 21.9 Å². The van der Waals surface area contributed by atoms with Crippen LogP contribution in [0.5, 0.6) is 0 Å². The van der Waals surface area contributed by atoms with Gasteiger partial charge < -0.3 is 5.32 Å². The number of rotatable bonds is 3. The lowest BCUT2D eigenvalue weighted by atomic mass is 9.81. The summed E-state index contributed by atoms with van der Waals surface area (Å²) in [6.07, 6.45) is 2.61. The third kappa shape index (κ3) is 3.02. The SMILES string of the molecule is CC(C)C1(Cc2ccc(C(C)(C)C)s2)CCC(=O)N1. The molecule has 1 aliphatic rings. The fraction of sp³-hybridized carbons (Fsp3) is 0.688. The first-order valence-corrected chi connectivity index (χ1v) is 7.95. The van der Waals surface area contributed by atoms with Crippen LogP contribution in [0.4, 0.5) is 0 Å². The summed E-state index contributed by atoms with van der Waals surface area (Å²) in [7, 11) is 0. The van der Waals surface area contributed by atoms with E-state index < -0.39 is 0 Å². The lowest BCUT2D eigenvalue weighted by molar-refractivity contribution is -0.120. The molecule has 0 radical (unpaired) electrons. The van der Waals surface area contributed by atoms with Crippen LogP contribution in [0.1, 0.15) is 57.2 Å². The van der Waals surface area contributed by atoms with Crippen molar-refractivity contribution in [2.75, 3.05) is 0 Å². The van der Waals surface area contributed by atoms with E-state index in [0.29, 0.717) is 12.3 Å². The molecule has 1 unspecified atom stereocenters. The minimum Gasteiger partial charge on any atom is -0.350 e. The van der Waals surface area contributed by atoms with Crippen molar-refractivity contribution in [2.24, 2.45) is 5.92 Å². The molecule has 2 heterocycles. The van der Waals surface area contributed by atoms with Crippen LogP contribution in [0.25, 0.3) is 0 Å². The Bertz CT molecular complexity index is 469. The second-order valence-electron chi connectivity index (χ2n) is 7.05. The van der Waals surface area contributed by atoms with Gasteiger partial charge >= 0.3 is 0 Å². The molecule has 0 bridgehead atoms. The highest BCUT2D eigenvalue weighted by atomic mass is 32.1. The van der Waals surface area contributed by atoms with Crippen molar-refractivity contribution in [2.45, 2.75) is 64.8 Å². The van der Waals surface area contributed by atoms with Gasteiger partial charge in [-0.15, -0.1) is 11.3 Å². The van der Waals surface area contributed by atoms with Crippen LogP contribution in [-0.2, 0) is 16.6 Å². The Labute approximate surface area is 120 Å². The van der Waals surface area contributed by atoms with Gasteiger partial charge in [-0.1, -0.05) is 34.6 Å². The molecule has 1 aliphatic heterocycles. The third-order valence-electron chi connectivity index (χ3n) is 4.18. The van der Waals surface area contributed by atoms with E-state index in [1.54, 1.807) is 0 Å². The fourth-order valence-corrected chi connectivity index (χ4v) is 3.89.